The lowest BCUT2D eigenvalue weighted by atomic mass is 10.1. The van der Waals surface area contributed by atoms with Gasteiger partial charge in [0.05, 0.1) is 12.8 Å². The fourth-order valence-electron chi connectivity index (χ4n) is 1.83. The summed E-state index contributed by atoms with van der Waals surface area (Å²) in [5.41, 5.74) is 1.66. The number of ketones is 1. The molecule has 0 bridgehead atoms. The topological polar surface area (TPSA) is 55.4 Å². The van der Waals surface area contributed by atoms with Gasteiger partial charge in [-0.2, -0.15) is 0 Å². The first-order valence-electron chi connectivity index (χ1n) is 6.67. The fraction of sp³-hybridized carbons (Fsp3) is 0.111. The van der Waals surface area contributed by atoms with Crippen molar-refractivity contribution in [2.24, 2.45) is 0 Å². The van der Waals surface area contributed by atoms with Gasteiger partial charge in [0.25, 0.3) is 0 Å². The van der Waals surface area contributed by atoms with Gasteiger partial charge in [0.15, 0.2) is 5.78 Å². The van der Waals surface area contributed by atoms with E-state index in [4.69, 9.17) is 4.74 Å². The predicted molar refractivity (Wildman–Crippen MR) is 84.9 cm³/mol. The number of amides is 1. The standard InChI is InChI=1S/C18H15NO3/c1-13(20)15-9-10-17(22-2)16(12-15)19-18(21)11-8-14-6-4-3-5-7-14/h3-7,9-10,12H,1-2H3,(H,19,21). The zero-order valence-corrected chi connectivity index (χ0v) is 12.3. The molecular weight excluding hydrogens is 278 g/mol. The third-order valence-electron chi connectivity index (χ3n) is 2.95. The van der Waals surface area contributed by atoms with Gasteiger partial charge in [0.1, 0.15) is 5.75 Å². The second-order valence-electron chi connectivity index (χ2n) is 4.54. The highest BCUT2D eigenvalue weighted by Gasteiger charge is 2.09. The van der Waals surface area contributed by atoms with Crippen molar-refractivity contribution in [2.45, 2.75) is 6.92 Å². The zero-order valence-electron chi connectivity index (χ0n) is 12.3. The third kappa shape index (κ3) is 3.97. The summed E-state index contributed by atoms with van der Waals surface area (Å²) in [5, 5.41) is 2.64. The molecule has 0 spiro atoms. The Bertz CT molecular complexity index is 755. The van der Waals surface area contributed by atoms with Crippen LogP contribution in [0.15, 0.2) is 48.5 Å². The van der Waals surface area contributed by atoms with Crippen LogP contribution in [0.5, 0.6) is 5.75 Å². The maximum atomic E-state index is 11.9. The van der Waals surface area contributed by atoms with Crippen LogP contribution in [0.3, 0.4) is 0 Å². The van der Waals surface area contributed by atoms with Crippen LogP contribution < -0.4 is 10.1 Å². The molecule has 4 heteroatoms. The van der Waals surface area contributed by atoms with Crippen LogP contribution in [0.4, 0.5) is 5.69 Å². The van der Waals surface area contributed by atoms with Gasteiger partial charge in [0.2, 0.25) is 0 Å². The Balaban J connectivity index is 2.19. The Morgan fingerprint density at radius 2 is 1.82 bits per heavy atom. The number of benzene rings is 2. The van der Waals surface area contributed by atoms with Crippen molar-refractivity contribution in [2.75, 3.05) is 12.4 Å². The van der Waals surface area contributed by atoms with E-state index < -0.39 is 5.91 Å². The molecule has 110 valence electrons. The quantitative estimate of drug-likeness (QED) is 0.699. The van der Waals surface area contributed by atoms with Crippen LogP contribution in [0, 0.1) is 11.8 Å². The Labute approximate surface area is 129 Å². The summed E-state index contributed by atoms with van der Waals surface area (Å²) < 4.78 is 5.17. The lowest BCUT2D eigenvalue weighted by Crippen LogP contribution is -2.10. The lowest BCUT2D eigenvalue weighted by Gasteiger charge is -2.09. The van der Waals surface area contributed by atoms with E-state index in [-0.39, 0.29) is 5.78 Å². The Morgan fingerprint density at radius 3 is 2.45 bits per heavy atom. The van der Waals surface area contributed by atoms with Gasteiger partial charge in [-0.05, 0) is 37.3 Å². The van der Waals surface area contributed by atoms with Gasteiger partial charge in [-0.1, -0.05) is 24.1 Å². The molecular formula is C18H15NO3. The van der Waals surface area contributed by atoms with Crippen molar-refractivity contribution in [3.63, 3.8) is 0 Å². The maximum absolute atomic E-state index is 11.9. The first-order valence-corrected chi connectivity index (χ1v) is 6.67. The highest BCUT2D eigenvalue weighted by molar-refractivity contribution is 6.06. The summed E-state index contributed by atoms with van der Waals surface area (Å²) in [6.45, 7) is 1.46. The van der Waals surface area contributed by atoms with E-state index in [1.54, 1.807) is 18.2 Å². The predicted octanol–water partition coefficient (Wildman–Crippen LogP) is 2.89. The van der Waals surface area contributed by atoms with Gasteiger partial charge < -0.3 is 10.1 Å². The van der Waals surface area contributed by atoms with Crippen LogP contribution >= 0.6 is 0 Å². The minimum Gasteiger partial charge on any atom is -0.495 e. The molecule has 0 saturated heterocycles. The molecule has 0 heterocycles. The molecule has 0 aliphatic carbocycles. The number of methoxy groups -OCH3 is 1. The molecule has 2 aromatic rings. The van der Waals surface area contributed by atoms with Crippen molar-refractivity contribution >= 4 is 17.4 Å². The zero-order chi connectivity index (χ0) is 15.9. The molecule has 0 aliphatic heterocycles. The van der Waals surface area contributed by atoms with Crippen LogP contribution in [0.2, 0.25) is 0 Å². The highest BCUT2D eigenvalue weighted by atomic mass is 16.5. The van der Waals surface area contributed by atoms with Crippen molar-refractivity contribution in [3.05, 3.63) is 59.7 Å². The van der Waals surface area contributed by atoms with E-state index in [0.29, 0.717) is 17.0 Å². The SMILES string of the molecule is COc1ccc(C(C)=O)cc1NC(=O)C#Cc1ccccc1. The van der Waals surface area contributed by atoms with Gasteiger partial charge >= 0.3 is 5.91 Å². The number of hydrogen-bond acceptors (Lipinski definition) is 3. The van der Waals surface area contributed by atoms with Crippen molar-refractivity contribution in [1.82, 2.24) is 0 Å². The average molecular weight is 293 g/mol. The second kappa shape index (κ2) is 7.09. The first-order chi connectivity index (χ1) is 10.6. The summed E-state index contributed by atoms with van der Waals surface area (Å²) in [7, 11) is 1.49. The monoisotopic (exact) mass is 293 g/mol. The van der Waals surface area contributed by atoms with Gasteiger partial charge in [-0.3, -0.25) is 9.59 Å². The largest absolute Gasteiger partial charge is 0.495 e. The highest BCUT2D eigenvalue weighted by Crippen LogP contribution is 2.25. The molecule has 0 atom stereocenters. The molecule has 1 N–H and O–H groups in total. The number of rotatable bonds is 3. The Morgan fingerprint density at radius 1 is 1.09 bits per heavy atom. The lowest BCUT2D eigenvalue weighted by molar-refractivity contribution is -0.111. The molecule has 2 rings (SSSR count). The van der Waals surface area contributed by atoms with E-state index in [1.165, 1.54) is 14.0 Å². The maximum Gasteiger partial charge on any atom is 0.300 e. The number of Topliss-reactive ketones (excluding diaryl/α,β-unsaturated/α-hetero) is 1. The molecule has 0 radical (unpaired) electrons. The number of carbonyl (C=O) groups excluding carboxylic acids is 2. The molecule has 0 unspecified atom stereocenters. The van der Waals surface area contributed by atoms with Crippen LogP contribution in [0.25, 0.3) is 0 Å². The molecule has 0 fully saturated rings. The molecule has 1 amide bonds. The van der Waals surface area contributed by atoms with Gasteiger partial charge in [-0.25, -0.2) is 0 Å². The fourth-order valence-corrected chi connectivity index (χ4v) is 1.83. The number of anilines is 1. The Kier molecular flexibility index (Phi) is 4.94. The van der Waals surface area contributed by atoms with E-state index in [2.05, 4.69) is 17.2 Å². The van der Waals surface area contributed by atoms with E-state index in [0.717, 1.165) is 5.56 Å². The third-order valence-corrected chi connectivity index (χ3v) is 2.95. The Hall–Kier alpha value is -3.06. The van der Waals surface area contributed by atoms with Crippen molar-refractivity contribution in [1.29, 1.82) is 0 Å². The molecule has 0 aromatic heterocycles. The molecule has 4 nitrogen and oxygen atoms in total. The second-order valence-corrected chi connectivity index (χ2v) is 4.54. The first kappa shape index (κ1) is 15.3. The minimum absolute atomic E-state index is 0.0893. The normalized spacial score (nSPS) is 9.36. The molecule has 22 heavy (non-hydrogen) atoms. The van der Waals surface area contributed by atoms with Crippen molar-refractivity contribution in [3.8, 4) is 17.6 Å². The van der Waals surface area contributed by atoms with E-state index in [9.17, 15) is 9.59 Å². The smallest absolute Gasteiger partial charge is 0.300 e. The van der Waals surface area contributed by atoms with Crippen molar-refractivity contribution < 1.29 is 14.3 Å². The van der Waals surface area contributed by atoms with Crippen LogP contribution in [-0.2, 0) is 4.79 Å². The summed E-state index contributed by atoms with van der Waals surface area (Å²) in [6.07, 6.45) is 0. The number of ether oxygens (including phenoxy) is 1. The minimum atomic E-state index is -0.470. The molecule has 2 aromatic carbocycles. The number of carbonyl (C=O) groups is 2. The summed E-state index contributed by atoms with van der Waals surface area (Å²) in [6, 6.07) is 14.1. The summed E-state index contributed by atoms with van der Waals surface area (Å²) >= 11 is 0. The van der Waals surface area contributed by atoms with Gasteiger partial charge in [-0.15, -0.1) is 0 Å². The molecule has 0 aliphatic rings. The number of nitrogens with one attached hydrogen (secondary N) is 1. The summed E-state index contributed by atoms with van der Waals surface area (Å²) in [5.74, 6) is 5.19. The molecule has 0 saturated carbocycles. The van der Waals surface area contributed by atoms with Crippen LogP contribution in [-0.4, -0.2) is 18.8 Å². The van der Waals surface area contributed by atoms with E-state index >= 15 is 0 Å². The average Bonchev–Trinajstić information content (AvgIpc) is 2.53. The van der Waals surface area contributed by atoms with Gasteiger partial charge in [0, 0.05) is 17.0 Å². The van der Waals surface area contributed by atoms with E-state index in [1.807, 2.05) is 30.3 Å². The number of hydrogen-bond donors (Lipinski definition) is 1. The van der Waals surface area contributed by atoms with Crippen LogP contribution in [0.1, 0.15) is 22.8 Å². The summed E-state index contributed by atoms with van der Waals surface area (Å²) in [4.78, 5) is 23.3.